The molecule has 1 aromatic rings. The molecule has 0 N–H and O–H groups in total. The lowest BCUT2D eigenvalue weighted by atomic mass is 9.90. The van der Waals surface area contributed by atoms with E-state index < -0.39 is 0 Å². The van der Waals surface area contributed by atoms with Crippen LogP contribution in [0.3, 0.4) is 0 Å². The van der Waals surface area contributed by atoms with Crippen molar-refractivity contribution < 1.29 is 0 Å². The lowest BCUT2D eigenvalue weighted by Crippen LogP contribution is -1.96. The summed E-state index contributed by atoms with van der Waals surface area (Å²) in [5, 5.41) is 0. The van der Waals surface area contributed by atoms with Gasteiger partial charge in [-0.1, -0.05) is 60.2 Å². The summed E-state index contributed by atoms with van der Waals surface area (Å²) in [6, 6.07) is 4.01. The first-order valence-corrected chi connectivity index (χ1v) is 7.94. The predicted octanol–water partition coefficient (Wildman–Crippen LogP) is 6.04. The first-order valence-electron chi connectivity index (χ1n) is 7.94. The minimum atomic E-state index is 1.02. The van der Waals surface area contributed by atoms with Crippen molar-refractivity contribution in [2.75, 3.05) is 0 Å². The fourth-order valence-electron chi connectivity index (χ4n) is 2.55. The lowest BCUT2D eigenvalue weighted by Gasteiger charge is -2.16. The highest BCUT2D eigenvalue weighted by Gasteiger charge is 2.07. The zero-order valence-corrected chi connectivity index (χ0v) is 13.5. The van der Waals surface area contributed by atoms with Gasteiger partial charge in [-0.15, -0.1) is 0 Å². The molecule has 1 heterocycles. The van der Waals surface area contributed by atoms with Crippen LogP contribution in [0.5, 0.6) is 0 Å². The number of aromatic nitrogens is 1. The summed E-state index contributed by atoms with van der Waals surface area (Å²) < 4.78 is 0. The van der Waals surface area contributed by atoms with Crippen LogP contribution in [-0.4, -0.2) is 4.98 Å². The highest BCUT2D eigenvalue weighted by molar-refractivity contribution is 5.74. The standard InChI is InChI=1S/C21H25N/c1-4-20(21-6-5-15-22-16-21)14-10-18(3)9-13-19-11-7-17(2)8-12-19/h4-6,10,13-16H,1-2,7-9,11-12H2,3H3/b18-10+,20-14+. The maximum Gasteiger partial charge on any atom is 0.0346 e. The number of allylic oxidation sites excluding steroid dienone is 8. The van der Waals surface area contributed by atoms with Crippen molar-refractivity contribution in [2.24, 2.45) is 0 Å². The van der Waals surface area contributed by atoms with Crippen molar-refractivity contribution >= 4 is 5.57 Å². The lowest BCUT2D eigenvalue weighted by molar-refractivity contribution is 0.727. The zero-order chi connectivity index (χ0) is 15.8. The Kier molecular flexibility index (Phi) is 6.14. The molecule has 0 bridgehead atoms. The summed E-state index contributed by atoms with van der Waals surface area (Å²) in [6.45, 7) is 10.1. The number of pyridine rings is 1. The highest BCUT2D eigenvalue weighted by atomic mass is 14.6. The van der Waals surface area contributed by atoms with Gasteiger partial charge in [0.05, 0.1) is 0 Å². The van der Waals surface area contributed by atoms with Crippen LogP contribution in [-0.2, 0) is 0 Å². The molecule has 0 amide bonds. The Hall–Kier alpha value is -2.15. The second kappa shape index (κ2) is 8.33. The summed E-state index contributed by atoms with van der Waals surface area (Å²) in [7, 11) is 0. The average molecular weight is 291 g/mol. The van der Waals surface area contributed by atoms with E-state index in [4.69, 9.17) is 0 Å². The monoisotopic (exact) mass is 291 g/mol. The molecule has 0 radical (unpaired) electrons. The molecule has 0 saturated heterocycles. The predicted molar refractivity (Wildman–Crippen MR) is 96.5 cm³/mol. The topological polar surface area (TPSA) is 12.9 Å². The zero-order valence-electron chi connectivity index (χ0n) is 13.5. The number of nitrogens with zero attached hydrogens (tertiary/aromatic N) is 1. The van der Waals surface area contributed by atoms with E-state index >= 15 is 0 Å². The Morgan fingerprint density at radius 3 is 2.64 bits per heavy atom. The van der Waals surface area contributed by atoms with Crippen molar-refractivity contribution in [3.05, 3.63) is 84.3 Å². The molecule has 1 aliphatic rings. The van der Waals surface area contributed by atoms with Crippen molar-refractivity contribution in [3.8, 4) is 0 Å². The number of rotatable bonds is 5. The largest absolute Gasteiger partial charge is 0.264 e. The van der Waals surface area contributed by atoms with Crippen LogP contribution in [0.15, 0.2) is 78.7 Å². The summed E-state index contributed by atoms with van der Waals surface area (Å²) in [5.41, 5.74) is 6.56. The molecule has 2 rings (SSSR count). The Bertz CT molecular complexity index is 603. The molecule has 0 aromatic carbocycles. The van der Waals surface area contributed by atoms with E-state index in [1.807, 2.05) is 18.3 Å². The fraction of sp³-hybridized carbons (Fsp3) is 0.286. The Labute approximate surface area is 134 Å². The Morgan fingerprint density at radius 2 is 2.00 bits per heavy atom. The van der Waals surface area contributed by atoms with E-state index in [0.29, 0.717) is 0 Å². The van der Waals surface area contributed by atoms with E-state index in [9.17, 15) is 0 Å². The van der Waals surface area contributed by atoms with Crippen LogP contribution in [0.25, 0.3) is 5.57 Å². The second-order valence-electron chi connectivity index (χ2n) is 5.90. The molecule has 1 heteroatoms. The molecule has 22 heavy (non-hydrogen) atoms. The van der Waals surface area contributed by atoms with Crippen LogP contribution < -0.4 is 0 Å². The minimum Gasteiger partial charge on any atom is -0.264 e. The van der Waals surface area contributed by atoms with Gasteiger partial charge in [0.2, 0.25) is 0 Å². The van der Waals surface area contributed by atoms with Crippen LogP contribution in [0.4, 0.5) is 0 Å². The molecule has 1 aromatic heterocycles. The van der Waals surface area contributed by atoms with Gasteiger partial charge in [0, 0.05) is 12.4 Å². The summed E-state index contributed by atoms with van der Waals surface area (Å²) in [4.78, 5) is 4.16. The van der Waals surface area contributed by atoms with Crippen LogP contribution in [0.1, 0.15) is 44.6 Å². The van der Waals surface area contributed by atoms with E-state index in [1.165, 1.54) is 24.0 Å². The van der Waals surface area contributed by atoms with E-state index in [1.54, 1.807) is 11.8 Å². The summed E-state index contributed by atoms with van der Waals surface area (Å²) in [5.74, 6) is 0. The molecular weight excluding hydrogens is 266 g/mol. The Balaban J connectivity index is 1.99. The van der Waals surface area contributed by atoms with Crippen molar-refractivity contribution in [1.29, 1.82) is 0 Å². The first kappa shape index (κ1) is 16.2. The quantitative estimate of drug-likeness (QED) is 0.476. The Morgan fingerprint density at radius 1 is 1.23 bits per heavy atom. The molecule has 1 aliphatic carbocycles. The highest BCUT2D eigenvalue weighted by Crippen LogP contribution is 2.27. The van der Waals surface area contributed by atoms with Crippen LogP contribution >= 0.6 is 0 Å². The third-order valence-electron chi connectivity index (χ3n) is 4.07. The SMILES string of the molecule is C=C/C(=C\C=C(/C)CC=C1CCC(=C)CC1)c1cccnc1. The number of hydrogen-bond donors (Lipinski definition) is 0. The molecule has 1 nitrogen and oxygen atoms in total. The molecule has 0 spiro atoms. The van der Waals surface area contributed by atoms with Gasteiger partial charge >= 0.3 is 0 Å². The van der Waals surface area contributed by atoms with Crippen LogP contribution in [0.2, 0.25) is 0 Å². The van der Waals surface area contributed by atoms with Gasteiger partial charge in [0.25, 0.3) is 0 Å². The summed E-state index contributed by atoms with van der Waals surface area (Å²) >= 11 is 0. The molecule has 1 fully saturated rings. The van der Waals surface area contributed by atoms with Crippen LogP contribution in [0, 0.1) is 0 Å². The normalized spacial score (nSPS) is 16.6. The van der Waals surface area contributed by atoms with Gasteiger partial charge in [-0.3, -0.25) is 4.98 Å². The molecule has 1 saturated carbocycles. The van der Waals surface area contributed by atoms with E-state index in [0.717, 1.165) is 30.4 Å². The molecule has 0 unspecified atom stereocenters. The molecule has 0 atom stereocenters. The fourth-order valence-corrected chi connectivity index (χ4v) is 2.55. The smallest absolute Gasteiger partial charge is 0.0346 e. The maximum atomic E-state index is 4.16. The van der Waals surface area contributed by atoms with Crippen molar-refractivity contribution in [3.63, 3.8) is 0 Å². The third kappa shape index (κ3) is 5.00. The third-order valence-corrected chi connectivity index (χ3v) is 4.07. The average Bonchev–Trinajstić information content (AvgIpc) is 2.56. The van der Waals surface area contributed by atoms with Gasteiger partial charge in [-0.2, -0.15) is 0 Å². The van der Waals surface area contributed by atoms with Gasteiger partial charge < -0.3 is 0 Å². The van der Waals surface area contributed by atoms with Crippen molar-refractivity contribution in [1.82, 2.24) is 4.98 Å². The molecule has 0 aliphatic heterocycles. The molecular formula is C21H25N. The minimum absolute atomic E-state index is 1.02. The van der Waals surface area contributed by atoms with E-state index in [2.05, 4.69) is 49.4 Å². The van der Waals surface area contributed by atoms with Gasteiger partial charge in [0.15, 0.2) is 0 Å². The van der Waals surface area contributed by atoms with Gasteiger partial charge in [-0.25, -0.2) is 0 Å². The van der Waals surface area contributed by atoms with Crippen molar-refractivity contribution in [2.45, 2.75) is 39.0 Å². The second-order valence-corrected chi connectivity index (χ2v) is 5.90. The maximum absolute atomic E-state index is 4.16. The number of hydrogen-bond acceptors (Lipinski definition) is 1. The molecule has 114 valence electrons. The first-order chi connectivity index (χ1) is 10.7. The summed E-state index contributed by atoms with van der Waals surface area (Å²) in [6.07, 6.45) is 18.0. The van der Waals surface area contributed by atoms with E-state index in [-0.39, 0.29) is 0 Å². The van der Waals surface area contributed by atoms with Gasteiger partial charge in [0.1, 0.15) is 0 Å². The van der Waals surface area contributed by atoms with Gasteiger partial charge in [-0.05, 0) is 56.2 Å².